The normalized spacial score (nSPS) is 10.0. The molecule has 0 saturated carbocycles. The highest BCUT2D eigenvalue weighted by Crippen LogP contribution is 2.32. The molecule has 4 heteroatoms. The van der Waals surface area contributed by atoms with Gasteiger partial charge in [-0.05, 0) is 18.2 Å². The Morgan fingerprint density at radius 1 is 1.36 bits per heavy atom. The lowest BCUT2D eigenvalue weighted by atomic mass is 10.2. The van der Waals surface area contributed by atoms with Crippen molar-refractivity contribution >= 4 is 17.4 Å². The Morgan fingerprint density at radius 2 is 2.21 bits per heavy atom. The van der Waals surface area contributed by atoms with Gasteiger partial charge in [0.1, 0.15) is 5.52 Å². The number of hydrogen-bond donors (Lipinski definition) is 1. The predicted molar refractivity (Wildman–Crippen MR) is 50.1 cm³/mol. The first-order valence-corrected chi connectivity index (χ1v) is 4.00. The molecule has 0 fully saturated rings. The van der Waals surface area contributed by atoms with Crippen LogP contribution in [0.25, 0.3) is 10.9 Å². The third-order valence-electron chi connectivity index (χ3n) is 1.89. The first kappa shape index (κ1) is 8.50. The van der Waals surface area contributed by atoms with Gasteiger partial charge >= 0.3 is 0 Å². The molecular weight excluding hydrogens is 182 g/mol. The Kier molecular flexibility index (Phi) is 2.02. The van der Waals surface area contributed by atoms with E-state index in [2.05, 4.69) is 9.72 Å². The highest BCUT2D eigenvalue weighted by molar-refractivity contribution is 5.86. The number of hydrogen-bond acceptors (Lipinski definition) is 4. The first-order valence-electron chi connectivity index (χ1n) is 4.00. The second kappa shape index (κ2) is 3.33. The first-order chi connectivity index (χ1) is 6.83. The van der Waals surface area contributed by atoms with Crippen molar-refractivity contribution in [3.05, 3.63) is 30.5 Å². The van der Waals surface area contributed by atoms with Gasteiger partial charge in [-0.1, -0.05) is 6.07 Å². The van der Waals surface area contributed by atoms with Crippen molar-refractivity contribution in [3.63, 3.8) is 0 Å². The van der Waals surface area contributed by atoms with Crippen molar-refractivity contribution in [2.24, 2.45) is 0 Å². The van der Waals surface area contributed by atoms with Crippen molar-refractivity contribution < 1.29 is 14.6 Å². The van der Waals surface area contributed by atoms with E-state index >= 15 is 0 Å². The standard InChI is InChI=1S/C10H7NO3/c12-6-14-8-4-3-7-2-1-5-11-9(7)10(8)13/h1-6,13H. The number of pyridine rings is 1. The van der Waals surface area contributed by atoms with Crippen LogP contribution in [0, 0.1) is 0 Å². The number of fused-ring (bicyclic) bond motifs is 1. The lowest BCUT2D eigenvalue weighted by molar-refractivity contribution is -0.120. The molecule has 2 rings (SSSR count). The number of rotatable bonds is 2. The summed E-state index contributed by atoms with van der Waals surface area (Å²) in [5.74, 6) is 0.00130. The molecule has 0 aliphatic heterocycles. The van der Waals surface area contributed by atoms with Crippen LogP contribution < -0.4 is 4.74 Å². The van der Waals surface area contributed by atoms with E-state index in [4.69, 9.17) is 0 Å². The number of phenols is 1. The third kappa shape index (κ3) is 1.26. The number of phenolic OH excluding ortho intramolecular Hbond substituents is 1. The van der Waals surface area contributed by atoms with E-state index in [0.717, 1.165) is 5.39 Å². The second-order valence-electron chi connectivity index (χ2n) is 2.70. The Balaban J connectivity index is 2.68. The zero-order valence-corrected chi connectivity index (χ0v) is 7.18. The van der Waals surface area contributed by atoms with Crippen molar-refractivity contribution in [3.8, 4) is 11.5 Å². The number of nitrogens with zero attached hydrogens (tertiary/aromatic N) is 1. The summed E-state index contributed by atoms with van der Waals surface area (Å²) < 4.78 is 4.57. The van der Waals surface area contributed by atoms with Gasteiger partial charge in [0.25, 0.3) is 6.47 Å². The number of benzene rings is 1. The minimum absolute atomic E-state index is 0.116. The van der Waals surface area contributed by atoms with Gasteiger partial charge in [0, 0.05) is 11.6 Å². The molecule has 1 aromatic heterocycles. The summed E-state index contributed by atoms with van der Waals surface area (Å²) >= 11 is 0. The molecular formula is C10H7NO3. The van der Waals surface area contributed by atoms with Crippen LogP contribution in [0.2, 0.25) is 0 Å². The SMILES string of the molecule is O=COc1ccc2cccnc2c1O. The summed E-state index contributed by atoms with van der Waals surface area (Å²) in [6.07, 6.45) is 1.56. The average molecular weight is 189 g/mol. The van der Waals surface area contributed by atoms with Gasteiger partial charge in [0.05, 0.1) is 0 Å². The minimum atomic E-state index is -0.116. The average Bonchev–Trinajstić information content (AvgIpc) is 2.23. The summed E-state index contributed by atoms with van der Waals surface area (Å²) in [7, 11) is 0. The molecule has 0 atom stereocenters. The Morgan fingerprint density at radius 3 is 3.00 bits per heavy atom. The fourth-order valence-electron chi connectivity index (χ4n) is 1.26. The van der Waals surface area contributed by atoms with Crippen molar-refractivity contribution in [2.45, 2.75) is 0 Å². The fraction of sp³-hybridized carbons (Fsp3) is 0. The Labute approximate surface area is 79.8 Å². The van der Waals surface area contributed by atoms with Gasteiger partial charge < -0.3 is 9.84 Å². The summed E-state index contributed by atoms with van der Waals surface area (Å²) in [4.78, 5) is 14.1. The summed E-state index contributed by atoms with van der Waals surface area (Å²) in [5.41, 5.74) is 0.423. The largest absolute Gasteiger partial charge is 0.503 e. The van der Waals surface area contributed by atoms with Crippen LogP contribution in [-0.2, 0) is 4.79 Å². The number of aromatic hydroxyl groups is 1. The van der Waals surface area contributed by atoms with Crippen LogP contribution >= 0.6 is 0 Å². The van der Waals surface area contributed by atoms with Crippen molar-refractivity contribution in [1.82, 2.24) is 4.98 Å². The molecule has 1 aromatic carbocycles. The third-order valence-corrected chi connectivity index (χ3v) is 1.89. The molecule has 0 saturated heterocycles. The van der Waals surface area contributed by atoms with E-state index in [0.29, 0.717) is 5.52 Å². The van der Waals surface area contributed by atoms with Gasteiger partial charge in [0.15, 0.2) is 11.5 Å². The van der Waals surface area contributed by atoms with E-state index < -0.39 is 0 Å². The molecule has 14 heavy (non-hydrogen) atoms. The molecule has 0 spiro atoms. The molecule has 0 bridgehead atoms. The monoisotopic (exact) mass is 189 g/mol. The van der Waals surface area contributed by atoms with Crippen LogP contribution in [0.1, 0.15) is 0 Å². The maximum atomic E-state index is 10.1. The van der Waals surface area contributed by atoms with E-state index in [1.54, 1.807) is 18.3 Å². The molecule has 0 radical (unpaired) electrons. The number of aromatic nitrogens is 1. The van der Waals surface area contributed by atoms with Crippen LogP contribution in [0.3, 0.4) is 0 Å². The highest BCUT2D eigenvalue weighted by Gasteiger charge is 2.07. The van der Waals surface area contributed by atoms with E-state index in [1.165, 1.54) is 6.07 Å². The zero-order chi connectivity index (χ0) is 9.97. The van der Waals surface area contributed by atoms with E-state index in [1.807, 2.05) is 6.07 Å². The molecule has 1 N–H and O–H groups in total. The van der Waals surface area contributed by atoms with Crippen molar-refractivity contribution in [2.75, 3.05) is 0 Å². The molecule has 0 aliphatic carbocycles. The van der Waals surface area contributed by atoms with E-state index in [9.17, 15) is 9.90 Å². The predicted octanol–water partition coefficient (Wildman–Crippen LogP) is 1.48. The van der Waals surface area contributed by atoms with Gasteiger partial charge in [-0.3, -0.25) is 9.78 Å². The molecule has 0 aliphatic rings. The van der Waals surface area contributed by atoms with Crippen molar-refractivity contribution in [1.29, 1.82) is 0 Å². The molecule has 2 aromatic rings. The number of carbonyl (C=O) groups excluding carboxylic acids is 1. The summed E-state index contributed by atoms with van der Waals surface area (Å²) in [6, 6.07) is 6.82. The molecule has 0 unspecified atom stereocenters. The smallest absolute Gasteiger partial charge is 0.298 e. The van der Waals surface area contributed by atoms with Crippen LogP contribution in [0.4, 0.5) is 0 Å². The molecule has 4 nitrogen and oxygen atoms in total. The lowest BCUT2D eigenvalue weighted by Crippen LogP contribution is -1.90. The Bertz CT molecular complexity index is 482. The maximum Gasteiger partial charge on any atom is 0.298 e. The van der Waals surface area contributed by atoms with Crippen LogP contribution in [-0.4, -0.2) is 16.6 Å². The molecule has 70 valence electrons. The number of ether oxygens (including phenoxy) is 1. The summed E-state index contributed by atoms with van der Waals surface area (Å²) in [6.45, 7) is 0.268. The maximum absolute atomic E-state index is 10.1. The molecule has 1 heterocycles. The second-order valence-corrected chi connectivity index (χ2v) is 2.70. The topological polar surface area (TPSA) is 59.4 Å². The van der Waals surface area contributed by atoms with Gasteiger partial charge in [-0.15, -0.1) is 0 Å². The van der Waals surface area contributed by atoms with Crippen LogP contribution in [0.5, 0.6) is 11.5 Å². The quantitative estimate of drug-likeness (QED) is 0.727. The lowest BCUT2D eigenvalue weighted by Gasteiger charge is -2.03. The van der Waals surface area contributed by atoms with Crippen LogP contribution in [0.15, 0.2) is 30.5 Å². The highest BCUT2D eigenvalue weighted by atomic mass is 16.5. The molecule has 0 amide bonds. The summed E-state index contributed by atoms with van der Waals surface area (Å²) in [5, 5.41) is 10.4. The minimum Gasteiger partial charge on any atom is -0.503 e. The Hall–Kier alpha value is -2.10. The zero-order valence-electron chi connectivity index (χ0n) is 7.18. The van der Waals surface area contributed by atoms with Gasteiger partial charge in [0.2, 0.25) is 0 Å². The van der Waals surface area contributed by atoms with Gasteiger partial charge in [-0.25, -0.2) is 0 Å². The fourth-order valence-corrected chi connectivity index (χ4v) is 1.26. The van der Waals surface area contributed by atoms with E-state index in [-0.39, 0.29) is 18.0 Å². The van der Waals surface area contributed by atoms with Gasteiger partial charge in [-0.2, -0.15) is 0 Å². The number of carbonyl (C=O) groups is 1.